The van der Waals surface area contributed by atoms with Crippen LogP contribution in [0.1, 0.15) is 12.8 Å². The standard InChI is InChI=1S/C9H16F2N2/c1-7(12)5-8-3-4-13(2)6-9(8,10)11/h8H,1,3-6,12H2,2H3. The second kappa shape index (κ2) is 3.62. The number of nitrogens with zero attached hydrogens (tertiary/aromatic N) is 1. The van der Waals surface area contributed by atoms with Crippen molar-refractivity contribution in [1.29, 1.82) is 0 Å². The van der Waals surface area contributed by atoms with E-state index in [0.29, 0.717) is 18.7 Å². The van der Waals surface area contributed by atoms with Crippen LogP contribution in [-0.4, -0.2) is 31.0 Å². The van der Waals surface area contributed by atoms with E-state index in [1.165, 1.54) is 0 Å². The molecule has 1 fully saturated rings. The summed E-state index contributed by atoms with van der Waals surface area (Å²) in [7, 11) is 1.71. The Bertz CT molecular complexity index is 204. The number of nitrogens with two attached hydrogens (primary N) is 1. The maximum atomic E-state index is 13.3. The van der Waals surface area contributed by atoms with E-state index in [1.807, 2.05) is 0 Å². The molecule has 0 spiro atoms. The molecule has 1 saturated heterocycles. The van der Waals surface area contributed by atoms with Gasteiger partial charge in [-0.1, -0.05) is 6.58 Å². The fourth-order valence-electron chi connectivity index (χ4n) is 1.72. The monoisotopic (exact) mass is 190 g/mol. The summed E-state index contributed by atoms with van der Waals surface area (Å²) in [5.74, 6) is -3.24. The number of allylic oxidation sites excluding steroid dienone is 1. The summed E-state index contributed by atoms with van der Waals surface area (Å²) in [6.07, 6.45) is 0.737. The van der Waals surface area contributed by atoms with Crippen LogP contribution >= 0.6 is 0 Å². The zero-order valence-electron chi connectivity index (χ0n) is 7.89. The third-order valence-corrected chi connectivity index (χ3v) is 2.45. The average Bonchev–Trinajstić information content (AvgIpc) is 1.93. The topological polar surface area (TPSA) is 29.3 Å². The molecule has 0 radical (unpaired) electrons. The lowest BCUT2D eigenvalue weighted by Gasteiger charge is -2.36. The molecule has 1 aliphatic rings. The number of halogens is 2. The van der Waals surface area contributed by atoms with Crippen molar-refractivity contribution >= 4 is 0 Å². The van der Waals surface area contributed by atoms with E-state index in [-0.39, 0.29) is 13.0 Å². The van der Waals surface area contributed by atoms with Gasteiger partial charge >= 0.3 is 0 Å². The summed E-state index contributed by atoms with van der Waals surface area (Å²) in [5.41, 5.74) is 5.69. The van der Waals surface area contributed by atoms with Crippen molar-refractivity contribution in [3.05, 3.63) is 12.3 Å². The predicted octanol–water partition coefficient (Wildman–Crippen LogP) is 1.44. The van der Waals surface area contributed by atoms with Crippen LogP contribution in [0.4, 0.5) is 8.78 Å². The van der Waals surface area contributed by atoms with Gasteiger partial charge in [0.05, 0.1) is 6.54 Å². The Morgan fingerprint density at radius 3 is 2.77 bits per heavy atom. The molecule has 1 heterocycles. The van der Waals surface area contributed by atoms with Crippen LogP contribution in [0, 0.1) is 5.92 Å². The van der Waals surface area contributed by atoms with Gasteiger partial charge in [-0.15, -0.1) is 0 Å². The van der Waals surface area contributed by atoms with E-state index in [1.54, 1.807) is 11.9 Å². The van der Waals surface area contributed by atoms with Gasteiger partial charge in [-0.05, 0) is 26.4 Å². The second-order valence-corrected chi connectivity index (χ2v) is 3.85. The van der Waals surface area contributed by atoms with Crippen molar-refractivity contribution in [2.24, 2.45) is 11.7 Å². The van der Waals surface area contributed by atoms with Gasteiger partial charge in [0.15, 0.2) is 0 Å². The fourth-order valence-corrected chi connectivity index (χ4v) is 1.72. The largest absolute Gasteiger partial charge is 0.403 e. The number of likely N-dealkylation sites (tertiary alicyclic amines) is 1. The fraction of sp³-hybridized carbons (Fsp3) is 0.778. The molecule has 0 aliphatic carbocycles. The Morgan fingerprint density at radius 2 is 2.31 bits per heavy atom. The van der Waals surface area contributed by atoms with Crippen LogP contribution in [0.5, 0.6) is 0 Å². The van der Waals surface area contributed by atoms with Crippen molar-refractivity contribution in [3.8, 4) is 0 Å². The Labute approximate surface area is 77.4 Å². The Balaban J connectivity index is 2.59. The molecule has 1 aliphatic heterocycles. The average molecular weight is 190 g/mol. The molecule has 76 valence electrons. The molecule has 4 heteroatoms. The van der Waals surface area contributed by atoms with Crippen molar-refractivity contribution in [2.75, 3.05) is 20.1 Å². The molecule has 0 aromatic carbocycles. The highest BCUT2D eigenvalue weighted by Gasteiger charge is 2.43. The van der Waals surface area contributed by atoms with Crippen LogP contribution in [0.3, 0.4) is 0 Å². The molecule has 2 N–H and O–H groups in total. The molecule has 1 unspecified atom stereocenters. The summed E-state index contributed by atoms with van der Waals surface area (Å²) in [4.78, 5) is 1.65. The van der Waals surface area contributed by atoms with E-state index in [0.717, 1.165) is 0 Å². The van der Waals surface area contributed by atoms with Gasteiger partial charge in [0.2, 0.25) is 0 Å². The summed E-state index contributed by atoms with van der Waals surface area (Å²) in [5, 5.41) is 0. The van der Waals surface area contributed by atoms with Gasteiger partial charge in [-0.25, -0.2) is 8.78 Å². The molecule has 2 nitrogen and oxygen atoms in total. The molecule has 0 saturated carbocycles. The summed E-state index contributed by atoms with van der Waals surface area (Å²) in [6, 6.07) is 0. The van der Waals surface area contributed by atoms with Gasteiger partial charge in [-0.3, -0.25) is 0 Å². The minimum Gasteiger partial charge on any atom is -0.403 e. The number of hydrogen-bond donors (Lipinski definition) is 1. The molecule has 0 aromatic heterocycles. The third-order valence-electron chi connectivity index (χ3n) is 2.45. The quantitative estimate of drug-likeness (QED) is 0.713. The summed E-state index contributed by atoms with van der Waals surface area (Å²) < 4.78 is 26.7. The van der Waals surface area contributed by atoms with Crippen LogP contribution < -0.4 is 5.73 Å². The van der Waals surface area contributed by atoms with Gasteiger partial charge in [0.1, 0.15) is 0 Å². The van der Waals surface area contributed by atoms with E-state index >= 15 is 0 Å². The molecule has 0 aromatic rings. The summed E-state index contributed by atoms with van der Waals surface area (Å²) in [6.45, 7) is 4.02. The van der Waals surface area contributed by atoms with Gasteiger partial charge in [-0.2, -0.15) is 0 Å². The van der Waals surface area contributed by atoms with Crippen molar-refractivity contribution < 1.29 is 8.78 Å². The Hall–Kier alpha value is -0.640. The number of piperidine rings is 1. The van der Waals surface area contributed by atoms with Crippen LogP contribution in [0.15, 0.2) is 12.3 Å². The predicted molar refractivity (Wildman–Crippen MR) is 48.5 cm³/mol. The SMILES string of the molecule is C=C(N)CC1CCN(C)CC1(F)F. The van der Waals surface area contributed by atoms with Gasteiger partial charge in [0, 0.05) is 11.6 Å². The smallest absolute Gasteiger partial charge is 0.263 e. The Kier molecular flexibility index (Phi) is 2.91. The first-order chi connectivity index (χ1) is 5.92. The zero-order chi connectivity index (χ0) is 10.1. The molecule has 1 rings (SSSR count). The van der Waals surface area contributed by atoms with E-state index in [9.17, 15) is 8.78 Å². The molecule has 13 heavy (non-hydrogen) atoms. The Morgan fingerprint density at radius 1 is 1.69 bits per heavy atom. The lowest BCUT2D eigenvalue weighted by Crippen LogP contribution is -2.47. The first-order valence-electron chi connectivity index (χ1n) is 4.41. The van der Waals surface area contributed by atoms with E-state index in [4.69, 9.17) is 5.73 Å². The van der Waals surface area contributed by atoms with Crippen molar-refractivity contribution in [2.45, 2.75) is 18.8 Å². The van der Waals surface area contributed by atoms with Gasteiger partial charge in [0.25, 0.3) is 5.92 Å². The van der Waals surface area contributed by atoms with Crippen molar-refractivity contribution in [3.63, 3.8) is 0 Å². The van der Waals surface area contributed by atoms with Gasteiger partial charge < -0.3 is 10.6 Å². The second-order valence-electron chi connectivity index (χ2n) is 3.85. The van der Waals surface area contributed by atoms with Crippen molar-refractivity contribution in [1.82, 2.24) is 4.90 Å². The highest BCUT2D eigenvalue weighted by molar-refractivity contribution is 4.95. The molecule has 0 amide bonds. The minimum absolute atomic E-state index is 0.162. The first-order valence-corrected chi connectivity index (χ1v) is 4.41. The maximum Gasteiger partial charge on any atom is 0.263 e. The molecule has 1 atom stereocenters. The van der Waals surface area contributed by atoms with E-state index in [2.05, 4.69) is 6.58 Å². The lowest BCUT2D eigenvalue weighted by molar-refractivity contribution is -0.105. The highest BCUT2D eigenvalue weighted by atomic mass is 19.3. The van der Waals surface area contributed by atoms with Crippen LogP contribution in [-0.2, 0) is 0 Å². The first kappa shape index (κ1) is 10.4. The molecular formula is C9H16F2N2. The van der Waals surface area contributed by atoms with Crippen LogP contribution in [0.2, 0.25) is 0 Å². The van der Waals surface area contributed by atoms with E-state index < -0.39 is 11.8 Å². The molecule has 0 bridgehead atoms. The third kappa shape index (κ3) is 2.66. The maximum absolute atomic E-state index is 13.3. The zero-order valence-corrected chi connectivity index (χ0v) is 7.89. The van der Waals surface area contributed by atoms with Crippen LogP contribution in [0.25, 0.3) is 0 Å². The molecular weight excluding hydrogens is 174 g/mol. The summed E-state index contributed by atoms with van der Waals surface area (Å²) >= 11 is 0. The number of hydrogen-bond acceptors (Lipinski definition) is 2. The normalized spacial score (nSPS) is 28.7. The number of rotatable bonds is 2. The lowest BCUT2D eigenvalue weighted by atomic mass is 9.89. The number of alkyl halides is 2. The minimum atomic E-state index is -2.62. The highest BCUT2D eigenvalue weighted by Crippen LogP contribution is 2.35.